The van der Waals surface area contributed by atoms with E-state index in [2.05, 4.69) is 21.0 Å². The van der Waals surface area contributed by atoms with Crippen LogP contribution in [0.25, 0.3) is 0 Å². The number of carbonyl (C=O) groups is 1. The van der Waals surface area contributed by atoms with E-state index in [0.717, 1.165) is 12.3 Å². The van der Waals surface area contributed by atoms with Gasteiger partial charge in [0.2, 0.25) is 0 Å². The molecule has 1 aromatic heterocycles. The molecule has 0 bridgehead atoms. The van der Waals surface area contributed by atoms with Gasteiger partial charge in [-0.2, -0.15) is 23.5 Å². The molecule has 0 aliphatic heterocycles. The summed E-state index contributed by atoms with van der Waals surface area (Å²) in [5, 5.41) is 12.0. The summed E-state index contributed by atoms with van der Waals surface area (Å²) in [5.74, 6) is -1.09. The van der Waals surface area contributed by atoms with Gasteiger partial charge in [-0.1, -0.05) is 15.9 Å². The lowest BCUT2D eigenvalue weighted by molar-refractivity contribution is -0.141. The van der Waals surface area contributed by atoms with Crippen LogP contribution in [0.1, 0.15) is 11.3 Å². The highest BCUT2D eigenvalue weighted by Gasteiger charge is 2.33. The number of carbonyl (C=O) groups excluding carboxylic acids is 1. The molecule has 1 amide bonds. The fraction of sp³-hybridized carbons (Fsp3) is 0.154. The first-order valence-electron chi connectivity index (χ1n) is 6.38. The van der Waals surface area contributed by atoms with Crippen molar-refractivity contribution in [3.05, 3.63) is 46.2 Å². The Kier molecular flexibility index (Phi) is 5.19. The highest BCUT2D eigenvalue weighted by molar-refractivity contribution is 9.10. The number of nitrogens with one attached hydrogen (secondary N) is 1. The normalized spacial score (nSPS) is 11.8. The SMILES string of the molecule is N#Cc1cc(Br)cc(S(=O)(=O)NC(=O)Cn2ccc(C(F)(F)F)n2)c1. The molecule has 0 unspecified atom stereocenters. The minimum atomic E-state index is -4.67. The van der Waals surface area contributed by atoms with Crippen molar-refractivity contribution in [2.24, 2.45) is 0 Å². The predicted octanol–water partition coefficient (Wildman–Crippen LogP) is 2.04. The van der Waals surface area contributed by atoms with Crippen LogP contribution in [0.4, 0.5) is 13.2 Å². The van der Waals surface area contributed by atoms with Crippen LogP contribution in [0.2, 0.25) is 0 Å². The molecule has 7 nitrogen and oxygen atoms in total. The topological polar surface area (TPSA) is 105 Å². The van der Waals surface area contributed by atoms with Gasteiger partial charge in [-0.05, 0) is 24.3 Å². The van der Waals surface area contributed by atoms with Gasteiger partial charge in [-0.3, -0.25) is 9.48 Å². The summed E-state index contributed by atoms with van der Waals surface area (Å²) in [6.07, 6.45) is -3.76. The summed E-state index contributed by atoms with van der Waals surface area (Å²) in [5.41, 5.74) is -1.15. The molecule has 2 rings (SSSR count). The second kappa shape index (κ2) is 6.85. The molecular weight excluding hydrogens is 429 g/mol. The molecule has 0 aliphatic carbocycles. The van der Waals surface area contributed by atoms with Crippen LogP contribution in [0.15, 0.2) is 39.8 Å². The average Bonchev–Trinajstić information content (AvgIpc) is 2.94. The number of benzene rings is 1. The third-order valence-electron chi connectivity index (χ3n) is 2.80. The van der Waals surface area contributed by atoms with Gasteiger partial charge < -0.3 is 0 Å². The highest BCUT2D eigenvalue weighted by atomic mass is 79.9. The van der Waals surface area contributed by atoms with Gasteiger partial charge in [-0.25, -0.2) is 13.1 Å². The van der Waals surface area contributed by atoms with Crippen LogP contribution >= 0.6 is 15.9 Å². The number of hydrogen-bond donors (Lipinski definition) is 1. The molecule has 0 aliphatic rings. The van der Waals surface area contributed by atoms with Gasteiger partial charge in [0.05, 0.1) is 16.5 Å². The van der Waals surface area contributed by atoms with E-state index >= 15 is 0 Å². The molecule has 2 aromatic rings. The van der Waals surface area contributed by atoms with Crippen LogP contribution in [-0.4, -0.2) is 24.1 Å². The maximum Gasteiger partial charge on any atom is 0.435 e. The zero-order chi connectivity index (χ0) is 18.8. The molecule has 0 saturated carbocycles. The molecule has 0 atom stereocenters. The van der Waals surface area contributed by atoms with E-state index in [1.54, 1.807) is 10.8 Å². The average molecular weight is 437 g/mol. The third-order valence-corrected chi connectivity index (χ3v) is 4.61. The number of hydrogen-bond acceptors (Lipinski definition) is 5. The van der Waals surface area contributed by atoms with Crippen molar-refractivity contribution in [1.29, 1.82) is 5.26 Å². The van der Waals surface area contributed by atoms with Crippen molar-refractivity contribution < 1.29 is 26.4 Å². The molecule has 1 heterocycles. The number of halogens is 4. The lowest BCUT2D eigenvalue weighted by Gasteiger charge is -2.08. The zero-order valence-electron chi connectivity index (χ0n) is 12.1. The van der Waals surface area contributed by atoms with E-state index in [4.69, 9.17) is 5.26 Å². The second-order valence-electron chi connectivity index (χ2n) is 4.71. The number of alkyl halides is 3. The Bertz CT molecular complexity index is 964. The number of rotatable bonds is 4. The highest BCUT2D eigenvalue weighted by Crippen LogP contribution is 2.27. The summed E-state index contributed by atoms with van der Waals surface area (Å²) in [4.78, 5) is 11.4. The smallest absolute Gasteiger partial charge is 0.272 e. The Morgan fingerprint density at radius 3 is 2.60 bits per heavy atom. The summed E-state index contributed by atoms with van der Waals surface area (Å²) >= 11 is 3.04. The van der Waals surface area contributed by atoms with Gasteiger partial charge in [-0.15, -0.1) is 0 Å². The number of aromatic nitrogens is 2. The summed E-state index contributed by atoms with van der Waals surface area (Å²) in [6.45, 7) is -0.728. The molecule has 0 radical (unpaired) electrons. The zero-order valence-corrected chi connectivity index (χ0v) is 14.5. The molecule has 132 valence electrons. The standard InChI is InChI=1S/C13H8BrF3N4O3S/c14-9-3-8(6-18)4-10(5-9)25(23,24)20-12(22)7-21-2-1-11(19-21)13(15,16)17/h1-5H,7H2,(H,20,22). The largest absolute Gasteiger partial charge is 0.435 e. The molecule has 0 saturated heterocycles. The Labute approximate surface area is 148 Å². The second-order valence-corrected chi connectivity index (χ2v) is 7.31. The van der Waals surface area contributed by atoms with Crippen molar-refractivity contribution in [3.63, 3.8) is 0 Å². The van der Waals surface area contributed by atoms with E-state index in [1.807, 2.05) is 0 Å². The van der Waals surface area contributed by atoms with E-state index in [1.165, 1.54) is 12.1 Å². The van der Waals surface area contributed by atoms with Crippen molar-refractivity contribution in [1.82, 2.24) is 14.5 Å². The van der Waals surface area contributed by atoms with Crippen LogP contribution < -0.4 is 4.72 Å². The lowest BCUT2D eigenvalue weighted by atomic mass is 10.2. The van der Waals surface area contributed by atoms with E-state index in [0.29, 0.717) is 15.2 Å². The monoisotopic (exact) mass is 436 g/mol. The fourth-order valence-corrected chi connectivity index (χ4v) is 3.46. The van der Waals surface area contributed by atoms with Crippen molar-refractivity contribution in [3.8, 4) is 6.07 Å². The Morgan fingerprint density at radius 2 is 2.04 bits per heavy atom. The van der Waals surface area contributed by atoms with E-state index < -0.39 is 34.3 Å². The summed E-state index contributed by atoms with van der Waals surface area (Å²) in [7, 11) is -4.30. The molecule has 12 heteroatoms. The first-order valence-corrected chi connectivity index (χ1v) is 8.66. The van der Waals surface area contributed by atoms with Gasteiger partial charge in [0, 0.05) is 10.7 Å². The molecular formula is C13H8BrF3N4O3S. The van der Waals surface area contributed by atoms with Crippen LogP contribution in [0.5, 0.6) is 0 Å². The molecule has 0 spiro atoms. The third kappa shape index (κ3) is 4.80. The van der Waals surface area contributed by atoms with Gasteiger partial charge >= 0.3 is 6.18 Å². The molecule has 25 heavy (non-hydrogen) atoms. The maximum absolute atomic E-state index is 12.4. The first-order chi connectivity index (χ1) is 11.5. The summed E-state index contributed by atoms with van der Waals surface area (Å²) in [6, 6.07) is 6.03. The molecule has 1 aromatic carbocycles. The van der Waals surface area contributed by atoms with Crippen LogP contribution in [0.3, 0.4) is 0 Å². The van der Waals surface area contributed by atoms with Crippen molar-refractivity contribution in [2.45, 2.75) is 17.6 Å². The first kappa shape index (κ1) is 18.9. The van der Waals surface area contributed by atoms with Crippen LogP contribution in [0, 0.1) is 11.3 Å². The van der Waals surface area contributed by atoms with E-state index in [9.17, 15) is 26.4 Å². The number of nitrogens with zero attached hydrogens (tertiary/aromatic N) is 3. The number of amides is 1. The minimum absolute atomic E-state index is 0.0455. The van der Waals surface area contributed by atoms with Gasteiger partial charge in [0.25, 0.3) is 15.9 Å². The van der Waals surface area contributed by atoms with Gasteiger partial charge in [0.15, 0.2) is 5.69 Å². The number of nitriles is 1. The molecule has 0 fully saturated rings. The summed E-state index contributed by atoms with van der Waals surface area (Å²) < 4.78 is 64.3. The number of sulfonamides is 1. The Morgan fingerprint density at radius 1 is 1.36 bits per heavy atom. The van der Waals surface area contributed by atoms with Crippen molar-refractivity contribution in [2.75, 3.05) is 0 Å². The Hall–Kier alpha value is -2.39. The molecule has 1 N–H and O–H groups in total. The lowest BCUT2D eigenvalue weighted by Crippen LogP contribution is -2.33. The minimum Gasteiger partial charge on any atom is -0.272 e. The quantitative estimate of drug-likeness (QED) is 0.789. The maximum atomic E-state index is 12.4. The van der Waals surface area contributed by atoms with Crippen molar-refractivity contribution >= 4 is 31.9 Å². The Balaban J connectivity index is 2.15. The predicted molar refractivity (Wildman–Crippen MR) is 81.4 cm³/mol. The fourth-order valence-electron chi connectivity index (χ4n) is 1.77. The van der Waals surface area contributed by atoms with E-state index in [-0.39, 0.29) is 10.5 Å². The van der Waals surface area contributed by atoms with Crippen LogP contribution in [-0.2, 0) is 27.5 Å². The van der Waals surface area contributed by atoms with Gasteiger partial charge in [0.1, 0.15) is 6.54 Å².